The first-order valence-corrected chi connectivity index (χ1v) is 12.0. The number of imidazole rings is 1. The highest BCUT2D eigenvalue weighted by atomic mass is 32.1. The second-order valence-corrected chi connectivity index (χ2v) is 9.30. The third-order valence-electron chi connectivity index (χ3n) is 6.14. The van der Waals surface area contributed by atoms with Gasteiger partial charge >= 0.3 is 11.9 Å². The summed E-state index contributed by atoms with van der Waals surface area (Å²) in [6.45, 7) is 3.33. The van der Waals surface area contributed by atoms with Gasteiger partial charge in [-0.05, 0) is 43.7 Å². The van der Waals surface area contributed by atoms with Gasteiger partial charge in [-0.3, -0.25) is 18.9 Å². The van der Waals surface area contributed by atoms with E-state index >= 15 is 0 Å². The number of nitrogens with zero attached hydrogens (tertiary/aromatic N) is 4. The summed E-state index contributed by atoms with van der Waals surface area (Å²) in [7, 11) is 2.76. The second-order valence-electron chi connectivity index (χ2n) is 8.32. The summed E-state index contributed by atoms with van der Waals surface area (Å²) in [6, 6.07) is 11.2. The Balaban J connectivity index is 1.77. The monoisotopic (exact) mass is 518 g/mol. The average molecular weight is 519 g/mol. The third-order valence-corrected chi connectivity index (χ3v) is 7.28. The van der Waals surface area contributed by atoms with Crippen molar-refractivity contribution in [2.45, 2.75) is 19.9 Å². The molecule has 4 heterocycles. The van der Waals surface area contributed by atoms with Gasteiger partial charge in [0.15, 0.2) is 10.9 Å². The molecule has 188 valence electrons. The number of aliphatic hydroxyl groups excluding tert-OH is 1. The van der Waals surface area contributed by atoms with Crippen LogP contribution in [0.3, 0.4) is 0 Å². The average Bonchev–Trinajstić information content (AvgIpc) is 3.53. The molecule has 3 aromatic heterocycles. The Morgan fingerprint density at radius 2 is 1.84 bits per heavy atom. The largest absolute Gasteiger partial charge is 0.505 e. The highest BCUT2D eigenvalue weighted by Gasteiger charge is 2.49. The van der Waals surface area contributed by atoms with Crippen LogP contribution in [0.4, 0.5) is 5.13 Å². The van der Waals surface area contributed by atoms with Gasteiger partial charge in [0.2, 0.25) is 0 Å². The van der Waals surface area contributed by atoms with Crippen molar-refractivity contribution in [2.75, 3.05) is 19.1 Å². The molecule has 1 atom stereocenters. The molecular weight excluding hydrogens is 496 g/mol. The number of anilines is 1. The molecule has 0 bridgehead atoms. The standard InChI is InChI=1S/C26H22N4O6S/c1-13-19(29-11-6-5-10-17(29)27-13)21(31)18-20(15-8-7-9-16(12-15)35-3)30(24(33)22(18)32)26-28-14(2)23(37-26)25(34)36-4/h5-12,20,31H,1-4H3/b21-18+. The Kier molecular flexibility index (Phi) is 6.00. The van der Waals surface area contributed by atoms with Crippen molar-refractivity contribution in [3.05, 3.63) is 81.8 Å². The summed E-state index contributed by atoms with van der Waals surface area (Å²) in [5.74, 6) is -2.24. The van der Waals surface area contributed by atoms with Crippen LogP contribution in [0.5, 0.6) is 5.75 Å². The number of hydrogen-bond acceptors (Lipinski definition) is 9. The third kappa shape index (κ3) is 3.84. The van der Waals surface area contributed by atoms with Crippen molar-refractivity contribution >= 4 is 45.5 Å². The van der Waals surface area contributed by atoms with Crippen molar-refractivity contribution in [1.29, 1.82) is 0 Å². The van der Waals surface area contributed by atoms with E-state index in [4.69, 9.17) is 9.47 Å². The fraction of sp³-hybridized carbons (Fsp3) is 0.192. The first-order valence-electron chi connectivity index (χ1n) is 11.2. The predicted molar refractivity (Wildman–Crippen MR) is 136 cm³/mol. The molecule has 1 fully saturated rings. The summed E-state index contributed by atoms with van der Waals surface area (Å²) in [6.07, 6.45) is 1.72. The van der Waals surface area contributed by atoms with Crippen LogP contribution in [0, 0.1) is 13.8 Å². The van der Waals surface area contributed by atoms with Crippen LogP contribution >= 0.6 is 11.3 Å². The number of Topliss-reactive ketones (excluding diaryl/α,β-unsaturated/α-hetero) is 1. The number of aryl methyl sites for hydroxylation is 2. The van der Waals surface area contributed by atoms with Crippen LogP contribution in [0.25, 0.3) is 11.4 Å². The zero-order chi connectivity index (χ0) is 26.4. The molecule has 5 rings (SSSR count). The maximum Gasteiger partial charge on any atom is 0.350 e. The van der Waals surface area contributed by atoms with Crippen molar-refractivity contribution in [3.8, 4) is 5.75 Å². The van der Waals surface area contributed by atoms with Crippen LogP contribution in [0.2, 0.25) is 0 Å². The number of carbonyl (C=O) groups is 3. The van der Waals surface area contributed by atoms with Gasteiger partial charge in [0.05, 0.1) is 37.2 Å². The van der Waals surface area contributed by atoms with Crippen LogP contribution in [-0.2, 0) is 14.3 Å². The van der Waals surface area contributed by atoms with Crippen molar-refractivity contribution in [2.24, 2.45) is 0 Å². The molecule has 0 aliphatic carbocycles. The number of esters is 1. The fourth-order valence-electron chi connectivity index (χ4n) is 4.45. The maximum atomic E-state index is 13.5. The number of rotatable bonds is 5. The number of thiazole rings is 1. The number of benzene rings is 1. The van der Waals surface area contributed by atoms with Gasteiger partial charge in [-0.25, -0.2) is 14.8 Å². The maximum absolute atomic E-state index is 13.5. The van der Waals surface area contributed by atoms with E-state index < -0.39 is 23.7 Å². The summed E-state index contributed by atoms with van der Waals surface area (Å²) < 4.78 is 11.9. The summed E-state index contributed by atoms with van der Waals surface area (Å²) in [4.78, 5) is 49.5. The molecular formula is C26H22N4O6S. The minimum Gasteiger partial charge on any atom is -0.505 e. The molecule has 1 aliphatic rings. The molecule has 1 N–H and O–H groups in total. The van der Waals surface area contributed by atoms with Crippen LogP contribution in [-0.4, -0.2) is 51.4 Å². The smallest absolute Gasteiger partial charge is 0.350 e. The van der Waals surface area contributed by atoms with E-state index in [1.165, 1.54) is 19.1 Å². The van der Waals surface area contributed by atoms with Gasteiger partial charge in [-0.1, -0.05) is 29.5 Å². The minimum atomic E-state index is -1.04. The number of carbonyl (C=O) groups excluding carboxylic acids is 3. The first kappa shape index (κ1) is 24.2. The van der Waals surface area contributed by atoms with Crippen LogP contribution < -0.4 is 9.64 Å². The Morgan fingerprint density at radius 1 is 1.05 bits per heavy atom. The lowest BCUT2D eigenvalue weighted by molar-refractivity contribution is -0.132. The van der Waals surface area contributed by atoms with Crippen LogP contribution in [0.15, 0.2) is 54.2 Å². The Labute approximate surface area is 215 Å². The Morgan fingerprint density at radius 3 is 2.57 bits per heavy atom. The minimum absolute atomic E-state index is 0.125. The molecule has 1 aliphatic heterocycles. The van der Waals surface area contributed by atoms with Crippen molar-refractivity contribution in [3.63, 3.8) is 0 Å². The number of ketones is 1. The first-order chi connectivity index (χ1) is 17.8. The Bertz CT molecular complexity index is 1620. The van der Waals surface area contributed by atoms with E-state index in [0.717, 1.165) is 11.3 Å². The van der Waals surface area contributed by atoms with Gasteiger partial charge in [-0.2, -0.15) is 0 Å². The van der Waals surface area contributed by atoms with Crippen LogP contribution in [0.1, 0.15) is 38.4 Å². The van der Waals surface area contributed by atoms with Gasteiger partial charge in [0.1, 0.15) is 22.0 Å². The molecule has 4 aromatic rings. The normalized spacial score (nSPS) is 17.0. The molecule has 1 saturated heterocycles. The molecule has 1 amide bonds. The molecule has 0 saturated carbocycles. The summed E-state index contributed by atoms with van der Waals surface area (Å²) in [5, 5.41) is 11.7. The number of hydrogen-bond donors (Lipinski definition) is 1. The Hall–Kier alpha value is -4.51. The van der Waals surface area contributed by atoms with E-state index in [9.17, 15) is 19.5 Å². The molecule has 0 spiro atoms. The number of aliphatic hydroxyl groups is 1. The zero-order valence-electron chi connectivity index (χ0n) is 20.4. The number of methoxy groups -OCH3 is 2. The fourth-order valence-corrected chi connectivity index (χ4v) is 5.46. The quantitative estimate of drug-likeness (QED) is 0.183. The lowest BCUT2D eigenvalue weighted by atomic mass is 9.96. The molecule has 1 aromatic carbocycles. The van der Waals surface area contributed by atoms with Gasteiger partial charge in [0.25, 0.3) is 5.78 Å². The molecule has 10 nitrogen and oxygen atoms in total. The van der Waals surface area contributed by atoms with Crippen molar-refractivity contribution in [1.82, 2.24) is 14.4 Å². The molecule has 37 heavy (non-hydrogen) atoms. The van der Waals surface area contributed by atoms with Crippen molar-refractivity contribution < 1.29 is 29.0 Å². The van der Waals surface area contributed by atoms with Gasteiger partial charge in [-0.15, -0.1) is 0 Å². The van der Waals surface area contributed by atoms with E-state index in [2.05, 4.69) is 9.97 Å². The predicted octanol–water partition coefficient (Wildman–Crippen LogP) is 3.83. The summed E-state index contributed by atoms with van der Waals surface area (Å²) >= 11 is 0.935. The number of ether oxygens (including phenoxy) is 2. The number of amides is 1. The van der Waals surface area contributed by atoms with E-state index in [0.29, 0.717) is 34.0 Å². The molecule has 11 heteroatoms. The zero-order valence-corrected chi connectivity index (χ0v) is 21.2. The SMILES string of the molecule is COC(=O)c1sc(N2C(=O)C(=O)/C(=C(/O)c3c(C)nc4ccccn34)C2c2cccc(OC)c2)nc1C. The van der Waals surface area contributed by atoms with Gasteiger partial charge < -0.3 is 14.6 Å². The number of fused-ring (bicyclic) bond motifs is 1. The number of pyridine rings is 1. The molecule has 1 unspecified atom stereocenters. The lowest BCUT2D eigenvalue weighted by Crippen LogP contribution is -2.29. The second kappa shape index (κ2) is 9.17. The lowest BCUT2D eigenvalue weighted by Gasteiger charge is -2.23. The topological polar surface area (TPSA) is 123 Å². The van der Waals surface area contributed by atoms with E-state index in [-0.39, 0.29) is 21.3 Å². The van der Waals surface area contributed by atoms with E-state index in [1.54, 1.807) is 60.8 Å². The van der Waals surface area contributed by atoms with E-state index in [1.807, 2.05) is 6.07 Å². The highest BCUT2D eigenvalue weighted by Crippen LogP contribution is 2.44. The number of aromatic nitrogens is 3. The molecule has 0 radical (unpaired) electrons. The summed E-state index contributed by atoms with van der Waals surface area (Å²) in [5.41, 5.74) is 2.10. The van der Waals surface area contributed by atoms with Gasteiger partial charge in [0, 0.05) is 6.20 Å². The highest BCUT2D eigenvalue weighted by molar-refractivity contribution is 7.17.